The summed E-state index contributed by atoms with van der Waals surface area (Å²) in [5, 5.41) is 3.30. The SMILES string of the molecule is CCCN1CCc2ccc(C(C)NC)cc21. The fourth-order valence-corrected chi connectivity index (χ4v) is 2.40. The van der Waals surface area contributed by atoms with Gasteiger partial charge >= 0.3 is 0 Å². The van der Waals surface area contributed by atoms with E-state index in [1.165, 1.54) is 42.7 Å². The zero-order chi connectivity index (χ0) is 11.5. The summed E-state index contributed by atoms with van der Waals surface area (Å²) in [5.41, 5.74) is 4.37. The van der Waals surface area contributed by atoms with E-state index in [9.17, 15) is 0 Å². The maximum Gasteiger partial charge on any atom is 0.0402 e. The van der Waals surface area contributed by atoms with Crippen LogP contribution in [0.3, 0.4) is 0 Å². The fraction of sp³-hybridized carbons (Fsp3) is 0.571. The van der Waals surface area contributed by atoms with E-state index in [0.29, 0.717) is 6.04 Å². The van der Waals surface area contributed by atoms with Crippen LogP contribution in [0.25, 0.3) is 0 Å². The van der Waals surface area contributed by atoms with Crippen molar-refractivity contribution in [2.24, 2.45) is 0 Å². The summed E-state index contributed by atoms with van der Waals surface area (Å²) in [4.78, 5) is 2.52. The van der Waals surface area contributed by atoms with Gasteiger partial charge in [0, 0.05) is 24.8 Å². The lowest BCUT2D eigenvalue weighted by atomic mass is 10.0. The van der Waals surface area contributed by atoms with Crippen molar-refractivity contribution in [2.45, 2.75) is 32.7 Å². The van der Waals surface area contributed by atoms with Crippen LogP contribution in [-0.4, -0.2) is 20.1 Å². The van der Waals surface area contributed by atoms with E-state index in [1.807, 2.05) is 7.05 Å². The average molecular weight is 218 g/mol. The van der Waals surface area contributed by atoms with Gasteiger partial charge in [-0.3, -0.25) is 0 Å². The number of nitrogens with one attached hydrogen (secondary N) is 1. The van der Waals surface area contributed by atoms with Gasteiger partial charge in [-0.1, -0.05) is 19.1 Å². The first kappa shape index (κ1) is 11.5. The second-order valence-electron chi connectivity index (χ2n) is 4.64. The molecule has 1 N–H and O–H groups in total. The largest absolute Gasteiger partial charge is 0.371 e. The van der Waals surface area contributed by atoms with E-state index in [-0.39, 0.29) is 0 Å². The maximum atomic E-state index is 3.30. The van der Waals surface area contributed by atoms with Crippen molar-refractivity contribution in [3.63, 3.8) is 0 Å². The Labute approximate surface area is 98.7 Å². The third kappa shape index (κ3) is 2.07. The normalized spacial score (nSPS) is 16.3. The highest BCUT2D eigenvalue weighted by molar-refractivity contribution is 5.59. The second kappa shape index (κ2) is 4.88. The summed E-state index contributed by atoms with van der Waals surface area (Å²) in [5.74, 6) is 0. The molecule has 0 spiro atoms. The van der Waals surface area contributed by atoms with Gasteiger partial charge in [-0.25, -0.2) is 0 Å². The predicted molar refractivity (Wildman–Crippen MR) is 70.1 cm³/mol. The molecule has 1 heterocycles. The van der Waals surface area contributed by atoms with Gasteiger partial charge in [0.15, 0.2) is 0 Å². The molecule has 1 unspecified atom stereocenters. The van der Waals surface area contributed by atoms with Gasteiger partial charge in [-0.05, 0) is 44.0 Å². The van der Waals surface area contributed by atoms with Crippen molar-refractivity contribution in [3.05, 3.63) is 29.3 Å². The molecule has 2 rings (SSSR count). The highest BCUT2D eigenvalue weighted by atomic mass is 15.1. The van der Waals surface area contributed by atoms with Gasteiger partial charge in [0.25, 0.3) is 0 Å². The molecule has 0 aromatic heterocycles. The molecule has 1 aromatic carbocycles. The lowest BCUT2D eigenvalue weighted by Crippen LogP contribution is -2.21. The molecule has 0 aliphatic carbocycles. The highest BCUT2D eigenvalue weighted by Gasteiger charge is 2.19. The van der Waals surface area contributed by atoms with Crippen molar-refractivity contribution in [1.82, 2.24) is 5.32 Å². The number of rotatable bonds is 4. The molecule has 1 atom stereocenters. The fourth-order valence-electron chi connectivity index (χ4n) is 2.40. The minimum Gasteiger partial charge on any atom is -0.371 e. The van der Waals surface area contributed by atoms with Crippen LogP contribution in [0.4, 0.5) is 5.69 Å². The van der Waals surface area contributed by atoms with Crippen molar-refractivity contribution in [1.29, 1.82) is 0 Å². The van der Waals surface area contributed by atoms with Crippen molar-refractivity contribution >= 4 is 5.69 Å². The van der Waals surface area contributed by atoms with Gasteiger partial charge in [0.1, 0.15) is 0 Å². The first-order valence-electron chi connectivity index (χ1n) is 6.31. The van der Waals surface area contributed by atoms with Crippen LogP contribution in [0.5, 0.6) is 0 Å². The Morgan fingerprint density at radius 2 is 2.25 bits per heavy atom. The monoisotopic (exact) mass is 218 g/mol. The average Bonchev–Trinajstić information content (AvgIpc) is 2.71. The predicted octanol–water partition coefficient (Wildman–Crippen LogP) is 2.74. The second-order valence-corrected chi connectivity index (χ2v) is 4.64. The minimum absolute atomic E-state index is 0.439. The smallest absolute Gasteiger partial charge is 0.0402 e. The summed E-state index contributed by atoms with van der Waals surface area (Å²) in [6.45, 7) is 6.84. The van der Waals surface area contributed by atoms with Crippen LogP contribution in [0, 0.1) is 0 Å². The number of anilines is 1. The summed E-state index contributed by atoms with van der Waals surface area (Å²) in [6.07, 6.45) is 2.44. The summed E-state index contributed by atoms with van der Waals surface area (Å²) < 4.78 is 0. The Kier molecular flexibility index (Phi) is 3.49. The van der Waals surface area contributed by atoms with Crippen LogP contribution in [0.1, 0.15) is 37.4 Å². The molecule has 2 heteroatoms. The Bertz CT molecular complexity index is 358. The lowest BCUT2D eigenvalue weighted by Gasteiger charge is -2.20. The Morgan fingerprint density at radius 3 is 2.94 bits per heavy atom. The standard InChI is InChI=1S/C14H22N2/c1-4-8-16-9-7-12-5-6-13(10-14(12)16)11(2)15-3/h5-6,10-11,15H,4,7-9H2,1-3H3. The van der Waals surface area contributed by atoms with Gasteiger partial charge in [-0.15, -0.1) is 0 Å². The van der Waals surface area contributed by atoms with E-state index in [2.05, 4.69) is 42.3 Å². The quantitative estimate of drug-likeness (QED) is 0.836. The molecule has 1 aromatic rings. The third-order valence-corrected chi connectivity index (χ3v) is 3.53. The zero-order valence-electron chi connectivity index (χ0n) is 10.6. The third-order valence-electron chi connectivity index (χ3n) is 3.53. The first-order valence-corrected chi connectivity index (χ1v) is 6.31. The van der Waals surface area contributed by atoms with E-state index in [0.717, 1.165) is 0 Å². The molecule has 0 saturated heterocycles. The van der Waals surface area contributed by atoms with E-state index >= 15 is 0 Å². The molecule has 1 aliphatic rings. The van der Waals surface area contributed by atoms with Crippen molar-refractivity contribution in [3.8, 4) is 0 Å². The van der Waals surface area contributed by atoms with E-state index in [1.54, 1.807) is 0 Å². The van der Waals surface area contributed by atoms with Crippen molar-refractivity contribution in [2.75, 3.05) is 25.0 Å². The number of fused-ring (bicyclic) bond motifs is 1. The molecule has 1 aliphatic heterocycles. The molecule has 16 heavy (non-hydrogen) atoms. The van der Waals surface area contributed by atoms with Gasteiger partial charge in [0.2, 0.25) is 0 Å². The molecular weight excluding hydrogens is 196 g/mol. The molecule has 0 saturated carbocycles. The molecule has 0 bridgehead atoms. The van der Waals surface area contributed by atoms with E-state index < -0.39 is 0 Å². The maximum absolute atomic E-state index is 3.30. The van der Waals surface area contributed by atoms with Gasteiger partial charge in [0.05, 0.1) is 0 Å². The number of hydrogen-bond donors (Lipinski definition) is 1. The molecular formula is C14H22N2. The number of benzene rings is 1. The Hall–Kier alpha value is -1.02. The van der Waals surface area contributed by atoms with Crippen LogP contribution in [-0.2, 0) is 6.42 Å². The zero-order valence-corrected chi connectivity index (χ0v) is 10.6. The summed E-state index contributed by atoms with van der Waals surface area (Å²) in [7, 11) is 2.02. The molecule has 0 fully saturated rings. The van der Waals surface area contributed by atoms with Crippen LogP contribution in [0.2, 0.25) is 0 Å². The minimum atomic E-state index is 0.439. The van der Waals surface area contributed by atoms with Crippen LogP contribution in [0.15, 0.2) is 18.2 Å². The van der Waals surface area contributed by atoms with Crippen molar-refractivity contribution < 1.29 is 0 Å². The summed E-state index contributed by atoms with van der Waals surface area (Å²) >= 11 is 0. The number of nitrogens with zero attached hydrogens (tertiary/aromatic N) is 1. The Balaban J connectivity index is 2.26. The molecule has 0 radical (unpaired) electrons. The Morgan fingerprint density at radius 1 is 1.44 bits per heavy atom. The topological polar surface area (TPSA) is 15.3 Å². The van der Waals surface area contributed by atoms with Gasteiger partial charge in [-0.2, -0.15) is 0 Å². The molecule has 88 valence electrons. The number of hydrogen-bond acceptors (Lipinski definition) is 2. The lowest BCUT2D eigenvalue weighted by molar-refractivity contribution is 0.652. The van der Waals surface area contributed by atoms with Crippen LogP contribution >= 0.6 is 0 Å². The first-order chi connectivity index (χ1) is 7.76. The van der Waals surface area contributed by atoms with E-state index in [4.69, 9.17) is 0 Å². The van der Waals surface area contributed by atoms with Crippen LogP contribution < -0.4 is 10.2 Å². The molecule has 0 amide bonds. The summed E-state index contributed by atoms with van der Waals surface area (Å²) in [6, 6.07) is 7.36. The highest BCUT2D eigenvalue weighted by Crippen LogP contribution is 2.30. The molecule has 2 nitrogen and oxygen atoms in total. The van der Waals surface area contributed by atoms with Gasteiger partial charge < -0.3 is 10.2 Å².